The molecule has 0 aliphatic rings. The van der Waals surface area contributed by atoms with Crippen LogP contribution in [0.1, 0.15) is 0 Å². The Bertz CT molecular complexity index is 3560. The van der Waals surface area contributed by atoms with E-state index in [9.17, 15) is 0 Å². The van der Waals surface area contributed by atoms with Crippen LogP contribution in [-0.2, 0) is 0 Å². The van der Waals surface area contributed by atoms with Gasteiger partial charge < -0.3 is 8.98 Å². The molecule has 0 bridgehead atoms. The second-order valence-electron chi connectivity index (χ2n) is 15.6. The molecular weight excluding hydrogens is 757 g/mol. The van der Waals surface area contributed by atoms with Gasteiger partial charge in [0.25, 0.3) is 0 Å². The Morgan fingerprint density at radius 1 is 0.306 bits per heavy atom. The van der Waals surface area contributed by atoms with Gasteiger partial charge in [-0.3, -0.25) is 0 Å². The first-order chi connectivity index (χ1) is 30.7. The van der Waals surface area contributed by atoms with Crippen molar-refractivity contribution >= 4 is 43.7 Å². The molecule has 0 fully saturated rings. The molecule has 62 heavy (non-hydrogen) atoms. The number of nitrogens with zero attached hydrogens (tertiary/aromatic N) is 4. The minimum Gasteiger partial charge on any atom is -0.456 e. The van der Waals surface area contributed by atoms with Crippen molar-refractivity contribution in [2.75, 3.05) is 0 Å². The van der Waals surface area contributed by atoms with E-state index < -0.39 is 0 Å². The summed E-state index contributed by atoms with van der Waals surface area (Å²) in [6.07, 6.45) is 0. The summed E-state index contributed by atoms with van der Waals surface area (Å²) in [5.41, 5.74) is 14.5. The second kappa shape index (κ2) is 14.7. The molecule has 0 aliphatic heterocycles. The van der Waals surface area contributed by atoms with Gasteiger partial charge in [0.05, 0.1) is 11.0 Å². The molecule has 3 aromatic heterocycles. The lowest BCUT2D eigenvalue weighted by molar-refractivity contribution is 0.669. The Hall–Kier alpha value is -8.41. The molecule has 0 radical (unpaired) electrons. The standard InChI is InChI=1S/C57H36N4O/c1-5-16-37(17-6-1)41-28-31-51-49(33-41)46-26-13-14-27-50(46)61(51)45-29-30-47-52(36-45)62-53-35-44(38-18-7-2-8-19-38)34-48(54(47)53)42-24-15-25-43(32-42)57-59-55(39-20-9-3-10-21-39)58-56(60-57)40-22-11-4-12-23-40/h1-36H. The Morgan fingerprint density at radius 2 is 0.855 bits per heavy atom. The average molecular weight is 793 g/mol. The average Bonchev–Trinajstić information content (AvgIpc) is 3.89. The van der Waals surface area contributed by atoms with Crippen LogP contribution in [-0.4, -0.2) is 19.5 Å². The molecular formula is C57H36N4O. The third-order valence-corrected chi connectivity index (χ3v) is 11.8. The summed E-state index contributed by atoms with van der Waals surface area (Å²) in [6.45, 7) is 0. The lowest BCUT2D eigenvalue weighted by Gasteiger charge is -2.12. The van der Waals surface area contributed by atoms with Crippen LogP contribution in [0.4, 0.5) is 0 Å². The normalized spacial score (nSPS) is 11.5. The summed E-state index contributed by atoms with van der Waals surface area (Å²) in [7, 11) is 0. The first kappa shape index (κ1) is 35.5. The maximum Gasteiger partial charge on any atom is 0.164 e. The van der Waals surface area contributed by atoms with Gasteiger partial charge in [-0.1, -0.05) is 164 Å². The molecule has 9 aromatic carbocycles. The highest BCUT2D eigenvalue weighted by Gasteiger charge is 2.20. The van der Waals surface area contributed by atoms with Crippen LogP contribution in [0.15, 0.2) is 223 Å². The van der Waals surface area contributed by atoms with Gasteiger partial charge in [0.15, 0.2) is 17.5 Å². The second-order valence-corrected chi connectivity index (χ2v) is 15.6. The van der Waals surface area contributed by atoms with Crippen LogP contribution in [0, 0.1) is 0 Å². The number of hydrogen-bond donors (Lipinski definition) is 0. The highest BCUT2D eigenvalue weighted by molar-refractivity contribution is 6.15. The molecule has 0 spiro atoms. The summed E-state index contributed by atoms with van der Waals surface area (Å²) < 4.78 is 9.27. The Labute approximate surface area is 357 Å². The van der Waals surface area contributed by atoms with E-state index in [4.69, 9.17) is 19.4 Å². The molecule has 0 amide bonds. The maximum atomic E-state index is 6.91. The van der Waals surface area contributed by atoms with Crippen molar-refractivity contribution in [3.8, 4) is 73.2 Å². The summed E-state index contributed by atoms with van der Waals surface area (Å²) in [5.74, 6) is 1.87. The fourth-order valence-electron chi connectivity index (χ4n) is 8.88. The summed E-state index contributed by atoms with van der Waals surface area (Å²) in [4.78, 5) is 15.0. The van der Waals surface area contributed by atoms with Crippen LogP contribution in [0.2, 0.25) is 0 Å². The largest absolute Gasteiger partial charge is 0.456 e. The van der Waals surface area contributed by atoms with Gasteiger partial charge in [0, 0.05) is 50.0 Å². The van der Waals surface area contributed by atoms with Gasteiger partial charge in [-0.25, -0.2) is 15.0 Å². The minimum atomic E-state index is 0.610. The zero-order valence-corrected chi connectivity index (χ0v) is 33.5. The third-order valence-electron chi connectivity index (χ3n) is 11.8. The fourth-order valence-corrected chi connectivity index (χ4v) is 8.88. The molecule has 12 aromatic rings. The molecule has 0 atom stereocenters. The van der Waals surface area contributed by atoms with E-state index in [1.165, 1.54) is 21.9 Å². The molecule has 3 heterocycles. The van der Waals surface area contributed by atoms with Crippen LogP contribution in [0.25, 0.3) is 117 Å². The number of benzene rings is 9. The zero-order valence-electron chi connectivity index (χ0n) is 33.5. The molecule has 0 N–H and O–H groups in total. The quantitative estimate of drug-likeness (QED) is 0.161. The molecule has 5 nitrogen and oxygen atoms in total. The predicted octanol–water partition coefficient (Wildman–Crippen LogP) is 14.9. The van der Waals surface area contributed by atoms with Gasteiger partial charge in [-0.15, -0.1) is 0 Å². The van der Waals surface area contributed by atoms with Crippen LogP contribution in [0.5, 0.6) is 0 Å². The fraction of sp³-hybridized carbons (Fsp3) is 0. The van der Waals surface area contributed by atoms with E-state index in [1.54, 1.807) is 0 Å². The van der Waals surface area contributed by atoms with Gasteiger partial charge >= 0.3 is 0 Å². The first-order valence-corrected chi connectivity index (χ1v) is 20.8. The van der Waals surface area contributed by atoms with Crippen LogP contribution < -0.4 is 0 Å². The minimum absolute atomic E-state index is 0.610. The first-order valence-electron chi connectivity index (χ1n) is 20.8. The number of rotatable bonds is 7. The van der Waals surface area contributed by atoms with Crippen molar-refractivity contribution in [2.45, 2.75) is 0 Å². The van der Waals surface area contributed by atoms with E-state index in [-0.39, 0.29) is 0 Å². The van der Waals surface area contributed by atoms with Gasteiger partial charge in [-0.05, 0) is 81.9 Å². The van der Waals surface area contributed by atoms with E-state index >= 15 is 0 Å². The van der Waals surface area contributed by atoms with Crippen molar-refractivity contribution in [1.82, 2.24) is 19.5 Å². The molecule has 290 valence electrons. The van der Waals surface area contributed by atoms with Crippen LogP contribution >= 0.6 is 0 Å². The highest BCUT2D eigenvalue weighted by atomic mass is 16.3. The summed E-state index contributed by atoms with van der Waals surface area (Å²) >= 11 is 0. The lowest BCUT2D eigenvalue weighted by Crippen LogP contribution is -2.00. The Morgan fingerprint density at radius 3 is 1.53 bits per heavy atom. The Kier molecular flexibility index (Phi) is 8.42. The molecule has 0 aliphatic carbocycles. The number of hydrogen-bond acceptors (Lipinski definition) is 4. The number of aromatic nitrogens is 4. The summed E-state index contributed by atoms with van der Waals surface area (Å²) in [6, 6.07) is 76.3. The maximum absolute atomic E-state index is 6.91. The van der Waals surface area contributed by atoms with Crippen molar-refractivity contribution in [2.24, 2.45) is 0 Å². The van der Waals surface area contributed by atoms with E-state index in [2.05, 4.69) is 156 Å². The topological polar surface area (TPSA) is 56.7 Å². The molecule has 0 unspecified atom stereocenters. The van der Waals surface area contributed by atoms with Crippen molar-refractivity contribution in [3.05, 3.63) is 218 Å². The SMILES string of the molecule is c1ccc(-c2cc(-c3cccc(-c4nc(-c5ccccc5)nc(-c5ccccc5)n4)c3)c3c(c2)oc2cc(-n4c5ccccc5c5cc(-c6ccccc6)ccc54)ccc23)cc1. The van der Waals surface area contributed by atoms with E-state index in [0.29, 0.717) is 17.5 Å². The van der Waals surface area contributed by atoms with Crippen LogP contribution in [0.3, 0.4) is 0 Å². The van der Waals surface area contributed by atoms with Gasteiger partial charge in [0.1, 0.15) is 11.2 Å². The van der Waals surface area contributed by atoms with Gasteiger partial charge in [-0.2, -0.15) is 0 Å². The van der Waals surface area contributed by atoms with Crippen molar-refractivity contribution in [1.29, 1.82) is 0 Å². The summed E-state index contributed by atoms with van der Waals surface area (Å²) in [5, 5.41) is 4.54. The van der Waals surface area contributed by atoms with Gasteiger partial charge in [0.2, 0.25) is 0 Å². The molecule has 5 heteroatoms. The molecule has 0 saturated carbocycles. The highest BCUT2D eigenvalue weighted by Crippen LogP contribution is 2.43. The lowest BCUT2D eigenvalue weighted by atomic mass is 9.93. The number of furan rings is 1. The van der Waals surface area contributed by atoms with Crippen molar-refractivity contribution in [3.63, 3.8) is 0 Å². The number of fused-ring (bicyclic) bond motifs is 6. The van der Waals surface area contributed by atoms with E-state index in [1.807, 2.05) is 66.7 Å². The number of para-hydroxylation sites is 1. The Balaban J connectivity index is 1.03. The molecule has 0 saturated heterocycles. The molecule has 12 rings (SSSR count). The van der Waals surface area contributed by atoms with Crippen molar-refractivity contribution < 1.29 is 4.42 Å². The predicted molar refractivity (Wildman–Crippen MR) is 254 cm³/mol. The van der Waals surface area contributed by atoms with E-state index in [0.717, 1.165) is 77.6 Å². The zero-order chi connectivity index (χ0) is 41.0. The smallest absolute Gasteiger partial charge is 0.164 e. The monoisotopic (exact) mass is 792 g/mol. The third kappa shape index (κ3) is 6.14.